The maximum Gasteiger partial charge on any atom is 0.416 e. The van der Waals surface area contributed by atoms with Gasteiger partial charge in [-0.15, -0.1) is 0 Å². The fourth-order valence-corrected chi connectivity index (χ4v) is 2.99. The minimum Gasteiger partial charge on any atom is -0.461 e. The van der Waals surface area contributed by atoms with Gasteiger partial charge >= 0.3 is 6.18 Å². The van der Waals surface area contributed by atoms with Crippen molar-refractivity contribution >= 4 is 0 Å². The molecular formula is C17H17F3O. The van der Waals surface area contributed by atoms with Gasteiger partial charge in [0.2, 0.25) is 0 Å². The van der Waals surface area contributed by atoms with Crippen LogP contribution in [0.1, 0.15) is 35.8 Å². The number of hydrogen-bond acceptors (Lipinski definition) is 1. The summed E-state index contributed by atoms with van der Waals surface area (Å²) in [4.78, 5) is 0. The number of alkyl halides is 3. The summed E-state index contributed by atoms with van der Waals surface area (Å²) in [5, 5.41) is 0. The average molecular weight is 294 g/mol. The van der Waals surface area contributed by atoms with Crippen molar-refractivity contribution in [3.05, 3.63) is 46.7 Å². The molecule has 112 valence electrons. The maximum absolute atomic E-state index is 12.6. The molecule has 0 spiro atoms. The summed E-state index contributed by atoms with van der Waals surface area (Å²) in [5.41, 5.74) is 2.39. The van der Waals surface area contributed by atoms with E-state index < -0.39 is 11.7 Å². The molecular weight excluding hydrogens is 277 g/mol. The minimum atomic E-state index is -4.30. The Morgan fingerprint density at radius 2 is 1.81 bits per heavy atom. The number of benzene rings is 1. The zero-order valence-electron chi connectivity index (χ0n) is 12.1. The monoisotopic (exact) mass is 294 g/mol. The molecule has 3 rings (SSSR count). The molecule has 1 aliphatic carbocycles. The van der Waals surface area contributed by atoms with Gasteiger partial charge in [-0.05, 0) is 48.9 Å². The second-order valence-electron chi connectivity index (χ2n) is 5.88. The normalized spacial score (nSPS) is 18.6. The average Bonchev–Trinajstić information content (AvgIpc) is 2.74. The Bertz CT molecular complexity index is 650. The Labute approximate surface area is 121 Å². The first kappa shape index (κ1) is 14.2. The quantitative estimate of drug-likeness (QED) is 0.686. The Hall–Kier alpha value is -1.71. The van der Waals surface area contributed by atoms with Crippen LogP contribution in [-0.2, 0) is 19.0 Å². The zero-order chi connectivity index (χ0) is 15.2. The third-order valence-electron chi connectivity index (χ3n) is 4.25. The molecule has 1 aromatic carbocycles. The van der Waals surface area contributed by atoms with Crippen LogP contribution in [-0.4, -0.2) is 0 Å². The SMILES string of the molecule is Cc1c(-c2ccc(C(F)(F)F)cc2)oc2c1CCC(C)C2. The molecule has 1 heterocycles. The highest BCUT2D eigenvalue weighted by atomic mass is 19.4. The van der Waals surface area contributed by atoms with E-state index in [4.69, 9.17) is 4.42 Å². The molecule has 4 heteroatoms. The van der Waals surface area contributed by atoms with Crippen LogP contribution in [0.4, 0.5) is 13.2 Å². The first-order valence-electron chi connectivity index (χ1n) is 7.15. The van der Waals surface area contributed by atoms with Crippen LogP contribution in [0, 0.1) is 12.8 Å². The van der Waals surface area contributed by atoms with Gasteiger partial charge in [0.05, 0.1) is 5.56 Å². The Morgan fingerprint density at radius 3 is 2.43 bits per heavy atom. The zero-order valence-corrected chi connectivity index (χ0v) is 12.1. The summed E-state index contributed by atoms with van der Waals surface area (Å²) >= 11 is 0. The fourth-order valence-electron chi connectivity index (χ4n) is 2.99. The summed E-state index contributed by atoms with van der Waals surface area (Å²) in [6, 6.07) is 5.20. The summed E-state index contributed by atoms with van der Waals surface area (Å²) in [5.74, 6) is 2.31. The lowest BCUT2D eigenvalue weighted by molar-refractivity contribution is -0.137. The molecule has 0 amide bonds. The van der Waals surface area contributed by atoms with Gasteiger partial charge in [0, 0.05) is 12.0 Å². The van der Waals surface area contributed by atoms with E-state index in [-0.39, 0.29) is 0 Å². The van der Waals surface area contributed by atoms with Crippen molar-refractivity contribution in [2.24, 2.45) is 5.92 Å². The number of furan rings is 1. The third kappa shape index (κ3) is 2.59. The van der Waals surface area contributed by atoms with Crippen molar-refractivity contribution in [1.29, 1.82) is 0 Å². The van der Waals surface area contributed by atoms with Crippen LogP contribution in [0.5, 0.6) is 0 Å². The molecule has 0 fully saturated rings. The molecule has 1 aromatic heterocycles. The van der Waals surface area contributed by atoms with E-state index in [1.54, 1.807) is 0 Å². The molecule has 1 atom stereocenters. The predicted molar refractivity (Wildman–Crippen MR) is 75.1 cm³/mol. The molecule has 21 heavy (non-hydrogen) atoms. The summed E-state index contributed by atoms with van der Waals surface area (Å²) in [6.07, 6.45) is -1.26. The van der Waals surface area contributed by atoms with Gasteiger partial charge in [-0.3, -0.25) is 0 Å². The highest BCUT2D eigenvalue weighted by Crippen LogP contribution is 2.37. The molecule has 1 nitrogen and oxygen atoms in total. The first-order valence-corrected chi connectivity index (χ1v) is 7.15. The van der Waals surface area contributed by atoms with Crippen LogP contribution < -0.4 is 0 Å². The second kappa shape index (κ2) is 4.93. The van der Waals surface area contributed by atoms with Crippen LogP contribution in [0.15, 0.2) is 28.7 Å². The first-order chi connectivity index (χ1) is 9.86. The van der Waals surface area contributed by atoms with Crippen LogP contribution in [0.2, 0.25) is 0 Å². The number of halogens is 3. The smallest absolute Gasteiger partial charge is 0.416 e. The highest BCUT2D eigenvalue weighted by Gasteiger charge is 2.30. The minimum absolute atomic E-state index is 0.600. The summed E-state index contributed by atoms with van der Waals surface area (Å²) in [7, 11) is 0. The van der Waals surface area contributed by atoms with Gasteiger partial charge in [-0.25, -0.2) is 0 Å². The largest absolute Gasteiger partial charge is 0.461 e. The topological polar surface area (TPSA) is 13.1 Å². The van der Waals surface area contributed by atoms with Gasteiger partial charge in [-0.2, -0.15) is 13.2 Å². The van der Waals surface area contributed by atoms with Crippen LogP contribution >= 0.6 is 0 Å². The van der Waals surface area contributed by atoms with Crippen molar-refractivity contribution in [1.82, 2.24) is 0 Å². The van der Waals surface area contributed by atoms with Crippen LogP contribution in [0.3, 0.4) is 0 Å². The maximum atomic E-state index is 12.6. The van der Waals surface area contributed by atoms with Crippen molar-refractivity contribution in [3.8, 4) is 11.3 Å². The van der Waals surface area contributed by atoms with Gasteiger partial charge in [0.15, 0.2) is 0 Å². The van der Waals surface area contributed by atoms with E-state index >= 15 is 0 Å². The van der Waals surface area contributed by atoms with Crippen molar-refractivity contribution < 1.29 is 17.6 Å². The van der Waals surface area contributed by atoms with Crippen molar-refractivity contribution in [3.63, 3.8) is 0 Å². The van der Waals surface area contributed by atoms with Gasteiger partial charge in [-0.1, -0.05) is 19.1 Å². The molecule has 0 aliphatic heterocycles. The lowest BCUT2D eigenvalue weighted by atomic mass is 9.88. The fraction of sp³-hybridized carbons (Fsp3) is 0.412. The summed E-state index contributed by atoms with van der Waals surface area (Å²) in [6.45, 7) is 4.18. The Morgan fingerprint density at radius 1 is 1.14 bits per heavy atom. The second-order valence-corrected chi connectivity index (χ2v) is 5.88. The van der Waals surface area contributed by atoms with Gasteiger partial charge < -0.3 is 4.42 Å². The van der Waals surface area contributed by atoms with Crippen LogP contribution in [0.25, 0.3) is 11.3 Å². The van der Waals surface area contributed by atoms with Gasteiger partial charge in [0.25, 0.3) is 0 Å². The van der Waals surface area contributed by atoms with E-state index in [0.29, 0.717) is 17.2 Å². The molecule has 0 saturated carbocycles. The van der Waals surface area contributed by atoms with E-state index in [1.807, 2.05) is 6.92 Å². The van der Waals surface area contributed by atoms with Gasteiger partial charge in [0.1, 0.15) is 11.5 Å². The molecule has 1 unspecified atom stereocenters. The van der Waals surface area contributed by atoms with E-state index in [1.165, 1.54) is 17.7 Å². The Balaban J connectivity index is 1.98. The van der Waals surface area contributed by atoms with Crippen molar-refractivity contribution in [2.45, 2.75) is 39.3 Å². The molecule has 0 saturated heterocycles. The predicted octanol–water partition coefficient (Wildman–Crippen LogP) is 5.40. The van der Waals surface area contributed by atoms with E-state index in [9.17, 15) is 13.2 Å². The third-order valence-corrected chi connectivity index (χ3v) is 4.25. The van der Waals surface area contributed by atoms with Crippen molar-refractivity contribution in [2.75, 3.05) is 0 Å². The number of rotatable bonds is 1. The lowest BCUT2D eigenvalue weighted by Crippen LogP contribution is -2.09. The lowest BCUT2D eigenvalue weighted by Gasteiger charge is -2.16. The highest BCUT2D eigenvalue weighted by molar-refractivity contribution is 5.64. The van der Waals surface area contributed by atoms with E-state index in [2.05, 4.69) is 6.92 Å². The molecule has 0 radical (unpaired) electrons. The molecule has 2 aromatic rings. The van der Waals surface area contributed by atoms with E-state index in [0.717, 1.165) is 42.7 Å². The molecule has 0 N–H and O–H groups in total. The standard InChI is InChI=1S/C17H17F3O/c1-10-3-8-14-11(2)16(21-15(14)9-10)12-4-6-13(7-5-12)17(18,19)20/h4-7,10H,3,8-9H2,1-2H3. The number of hydrogen-bond donors (Lipinski definition) is 0. The molecule has 1 aliphatic rings. The summed E-state index contributed by atoms with van der Waals surface area (Å²) < 4.78 is 43.8. The number of fused-ring (bicyclic) bond motifs is 1. The Kier molecular flexibility index (Phi) is 3.34. The molecule has 0 bridgehead atoms.